The monoisotopic (exact) mass is 272 g/mol. The summed E-state index contributed by atoms with van der Waals surface area (Å²) < 4.78 is 0. The Labute approximate surface area is 116 Å². The fraction of sp³-hybridized carbons (Fsp3) is 0.200. The van der Waals surface area contributed by atoms with E-state index >= 15 is 0 Å². The van der Waals surface area contributed by atoms with Crippen molar-refractivity contribution in [3.8, 4) is 0 Å². The minimum atomic E-state index is -0.0346. The van der Waals surface area contributed by atoms with Gasteiger partial charge in [-0.05, 0) is 23.6 Å². The highest BCUT2D eigenvalue weighted by Crippen LogP contribution is 2.20. The van der Waals surface area contributed by atoms with Gasteiger partial charge in [-0.15, -0.1) is 0 Å². The Morgan fingerprint density at radius 1 is 1.16 bits per heavy atom. The predicted molar refractivity (Wildman–Crippen MR) is 74.1 cm³/mol. The highest BCUT2D eigenvalue weighted by molar-refractivity contribution is 6.29. The van der Waals surface area contributed by atoms with Crippen LogP contribution in [0.3, 0.4) is 0 Å². The van der Waals surface area contributed by atoms with Gasteiger partial charge in [-0.25, -0.2) is 4.98 Å². The van der Waals surface area contributed by atoms with Gasteiger partial charge in [-0.3, -0.25) is 4.79 Å². The van der Waals surface area contributed by atoms with Crippen LogP contribution in [0.4, 0.5) is 0 Å². The average molecular weight is 273 g/mol. The van der Waals surface area contributed by atoms with Crippen LogP contribution in [0.5, 0.6) is 0 Å². The van der Waals surface area contributed by atoms with Crippen molar-refractivity contribution in [2.75, 3.05) is 6.54 Å². The lowest BCUT2D eigenvalue weighted by atomic mass is 10.0. The lowest BCUT2D eigenvalue weighted by molar-refractivity contribution is 0.0720. The molecule has 0 radical (unpaired) electrons. The van der Waals surface area contributed by atoms with Crippen molar-refractivity contribution in [1.82, 2.24) is 9.88 Å². The summed E-state index contributed by atoms with van der Waals surface area (Å²) in [6.45, 7) is 1.34. The molecule has 0 fully saturated rings. The van der Waals surface area contributed by atoms with E-state index < -0.39 is 0 Å². The van der Waals surface area contributed by atoms with Gasteiger partial charge in [0.15, 0.2) is 0 Å². The van der Waals surface area contributed by atoms with E-state index in [4.69, 9.17) is 11.6 Å². The molecule has 1 aliphatic rings. The number of carbonyl (C=O) groups excluding carboxylic acids is 1. The average Bonchev–Trinajstić information content (AvgIpc) is 2.44. The summed E-state index contributed by atoms with van der Waals surface area (Å²) in [5, 5.41) is 0.369. The molecule has 1 aromatic carbocycles. The van der Waals surface area contributed by atoms with Gasteiger partial charge in [0.1, 0.15) is 10.8 Å². The number of pyridine rings is 1. The number of carbonyl (C=O) groups is 1. The van der Waals surface area contributed by atoms with Gasteiger partial charge in [-0.2, -0.15) is 0 Å². The molecule has 2 heterocycles. The fourth-order valence-corrected chi connectivity index (χ4v) is 2.46. The molecule has 0 unspecified atom stereocenters. The number of halogens is 1. The SMILES string of the molecule is O=C1c2nc(Cl)ccc2CCN1Cc1ccccc1. The number of hydrogen-bond donors (Lipinski definition) is 0. The molecule has 0 saturated heterocycles. The number of rotatable bonds is 2. The van der Waals surface area contributed by atoms with Crippen molar-refractivity contribution >= 4 is 17.5 Å². The Bertz CT molecular complexity index is 613. The Morgan fingerprint density at radius 3 is 2.74 bits per heavy atom. The van der Waals surface area contributed by atoms with Gasteiger partial charge >= 0.3 is 0 Å². The molecule has 96 valence electrons. The van der Waals surface area contributed by atoms with Crippen molar-refractivity contribution in [2.24, 2.45) is 0 Å². The largest absolute Gasteiger partial charge is 0.333 e. The second kappa shape index (κ2) is 5.02. The van der Waals surface area contributed by atoms with E-state index in [1.54, 1.807) is 6.07 Å². The standard InChI is InChI=1S/C15H13ClN2O/c16-13-7-6-12-8-9-18(15(19)14(12)17-13)10-11-4-2-1-3-5-11/h1-7H,8-10H2. The number of amides is 1. The van der Waals surface area contributed by atoms with E-state index in [2.05, 4.69) is 4.98 Å². The van der Waals surface area contributed by atoms with Crippen LogP contribution in [0.1, 0.15) is 21.6 Å². The summed E-state index contributed by atoms with van der Waals surface area (Å²) in [6.07, 6.45) is 0.831. The quantitative estimate of drug-likeness (QED) is 0.788. The molecule has 1 aliphatic heterocycles. The summed E-state index contributed by atoms with van der Waals surface area (Å²) in [4.78, 5) is 18.4. The van der Waals surface area contributed by atoms with Gasteiger partial charge in [0, 0.05) is 13.1 Å². The van der Waals surface area contributed by atoms with Crippen LogP contribution in [-0.2, 0) is 13.0 Å². The van der Waals surface area contributed by atoms with E-state index in [1.165, 1.54) is 0 Å². The molecule has 4 heteroatoms. The minimum Gasteiger partial charge on any atom is -0.333 e. The maximum atomic E-state index is 12.4. The number of aromatic nitrogens is 1. The molecule has 0 bridgehead atoms. The molecular formula is C15H13ClN2O. The molecule has 19 heavy (non-hydrogen) atoms. The highest BCUT2D eigenvalue weighted by atomic mass is 35.5. The first-order valence-electron chi connectivity index (χ1n) is 6.22. The third kappa shape index (κ3) is 2.47. The van der Waals surface area contributed by atoms with Crippen LogP contribution < -0.4 is 0 Å². The smallest absolute Gasteiger partial charge is 0.273 e. The van der Waals surface area contributed by atoms with E-state index in [-0.39, 0.29) is 5.91 Å². The molecule has 3 rings (SSSR count). The minimum absolute atomic E-state index is 0.0346. The summed E-state index contributed by atoms with van der Waals surface area (Å²) in [6, 6.07) is 13.6. The van der Waals surface area contributed by atoms with E-state index in [0.717, 1.165) is 24.1 Å². The van der Waals surface area contributed by atoms with Crippen molar-refractivity contribution in [2.45, 2.75) is 13.0 Å². The van der Waals surface area contributed by atoms with Crippen LogP contribution in [0, 0.1) is 0 Å². The zero-order valence-corrected chi connectivity index (χ0v) is 11.1. The Balaban J connectivity index is 1.85. The van der Waals surface area contributed by atoms with Crippen LogP contribution in [-0.4, -0.2) is 22.3 Å². The second-order valence-corrected chi connectivity index (χ2v) is 4.99. The number of fused-ring (bicyclic) bond motifs is 1. The van der Waals surface area contributed by atoms with Gasteiger partial charge in [0.2, 0.25) is 0 Å². The normalized spacial score (nSPS) is 14.4. The van der Waals surface area contributed by atoms with Gasteiger partial charge in [0.05, 0.1) is 0 Å². The van der Waals surface area contributed by atoms with E-state index in [0.29, 0.717) is 17.4 Å². The molecular weight excluding hydrogens is 260 g/mol. The molecule has 0 aliphatic carbocycles. The molecule has 1 amide bonds. The first kappa shape index (κ1) is 12.2. The van der Waals surface area contributed by atoms with Crippen molar-refractivity contribution in [1.29, 1.82) is 0 Å². The molecule has 1 aromatic heterocycles. The summed E-state index contributed by atoms with van der Waals surface area (Å²) in [5.74, 6) is -0.0346. The summed E-state index contributed by atoms with van der Waals surface area (Å²) in [5.41, 5.74) is 2.61. The Kier molecular flexibility index (Phi) is 3.22. The second-order valence-electron chi connectivity index (χ2n) is 4.60. The summed E-state index contributed by atoms with van der Waals surface area (Å²) in [7, 11) is 0. The molecule has 0 saturated carbocycles. The zero-order valence-electron chi connectivity index (χ0n) is 10.3. The van der Waals surface area contributed by atoms with Gasteiger partial charge < -0.3 is 4.90 Å². The van der Waals surface area contributed by atoms with Crippen LogP contribution in [0.25, 0.3) is 0 Å². The number of nitrogens with zero attached hydrogens (tertiary/aromatic N) is 2. The molecule has 3 nitrogen and oxygen atoms in total. The first-order chi connectivity index (χ1) is 9.24. The molecule has 0 atom stereocenters. The lowest BCUT2D eigenvalue weighted by Crippen LogP contribution is -2.37. The Morgan fingerprint density at radius 2 is 1.95 bits per heavy atom. The zero-order chi connectivity index (χ0) is 13.2. The van der Waals surface area contributed by atoms with Gasteiger partial charge in [-0.1, -0.05) is 48.0 Å². The highest BCUT2D eigenvalue weighted by Gasteiger charge is 2.25. The number of hydrogen-bond acceptors (Lipinski definition) is 2. The van der Waals surface area contributed by atoms with Crippen LogP contribution in [0.15, 0.2) is 42.5 Å². The van der Waals surface area contributed by atoms with Gasteiger partial charge in [0.25, 0.3) is 5.91 Å². The molecule has 2 aromatic rings. The van der Waals surface area contributed by atoms with Crippen molar-refractivity contribution in [3.63, 3.8) is 0 Å². The maximum absolute atomic E-state index is 12.4. The third-order valence-corrected chi connectivity index (χ3v) is 3.51. The van der Waals surface area contributed by atoms with E-state index in [1.807, 2.05) is 41.3 Å². The lowest BCUT2D eigenvalue weighted by Gasteiger charge is -2.27. The predicted octanol–water partition coefficient (Wildman–Crippen LogP) is 2.93. The van der Waals surface area contributed by atoms with Crippen molar-refractivity contribution < 1.29 is 4.79 Å². The van der Waals surface area contributed by atoms with E-state index in [9.17, 15) is 4.79 Å². The van der Waals surface area contributed by atoms with Crippen LogP contribution >= 0.6 is 11.6 Å². The summed E-state index contributed by atoms with van der Waals surface area (Å²) >= 11 is 5.87. The molecule has 0 spiro atoms. The molecule has 0 N–H and O–H groups in total. The topological polar surface area (TPSA) is 33.2 Å². The Hall–Kier alpha value is -1.87. The number of benzene rings is 1. The third-order valence-electron chi connectivity index (χ3n) is 3.30. The first-order valence-corrected chi connectivity index (χ1v) is 6.60. The maximum Gasteiger partial charge on any atom is 0.273 e. The van der Waals surface area contributed by atoms with Crippen molar-refractivity contribution in [3.05, 3.63) is 64.4 Å². The van der Waals surface area contributed by atoms with Crippen LogP contribution in [0.2, 0.25) is 5.15 Å². The fourth-order valence-electron chi connectivity index (χ4n) is 2.31.